The molecule has 2 unspecified atom stereocenters. The highest BCUT2D eigenvalue weighted by Gasteiger charge is 2.24. The van der Waals surface area contributed by atoms with Crippen LogP contribution in [-0.4, -0.2) is 48.2 Å². The van der Waals surface area contributed by atoms with Gasteiger partial charge in [-0.15, -0.1) is 0 Å². The van der Waals surface area contributed by atoms with Crippen molar-refractivity contribution in [2.45, 2.75) is 20.0 Å². The van der Waals surface area contributed by atoms with Crippen LogP contribution >= 0.6 is 0 Å². The number of hydrogen-bond acceptors (Lipinski definition) is 5. The summed E-state index contributed by atoms with van der Waals surface area (Å²) in [5.41, 5.74) is 0. The molecule has 0 saturated heterocycles. The maximum Gasteiger partial charge on any atom is 0.310 e. The predicted octanol–water partition coefficient (Wildman–Crippen LogP) is 0.912. The van der Waals surface area contributed by atoms with Crippen LogP contribution in [0.4, 0.5) is 0 Å². The van der Waals surface area contributed by atoms with Gasteiger partial charge in [0.1, 0.15) is 0 Å². The average Bonchev–Trinajstić information content (AvgIpc) is 2.89. The lowest BCUT2D eigenvalue weighted by Gasteiger charge is -2.25. The number of ether oxygens (including phenoxy) is 1. The summed E-state index contributed by atoms with van der Waals surface area (Å²) in [7, 11) is 1.30. The van der Waals surface area contributed by atoms with Crippen molar-refractivity contribution >= 4 is 11.9 Å². The highest BCUT2D eigenvalue weighted by Crippen LogP contribution is 2.10. The Hall–Kier alpha value is -1.82. The van der Waals surface area contributed by atoms with Crippen molar-refractivity contribution < 1.29 is 23.8 Å². The van der Waals surface area contributed by atoms with E-state index in [1.165, 1.54) is 18.3 Å². The van der Waals surface area contributed by atoms with Crippen LogP contribution in [0.1, 0.15) is 24.4 Å². The van der Waals surface area contributed by atoms with Crippen LogP contribution in [0, 0.1) is 5.92 Å². The van der Waals surface area contributed by atoms with E-state index in [0.29, 0.717) is 0 Å². The Bertz CT molecular complexity index is 413. The number of carbonyl (C=O) groups is 2. The number of hydrogen-bond donors (Lipinski definition) is 1. The molecule has 0 aliphatic carbocycles. The van der Waals surface area contributed by atoms with Crippen molar-refractivity contribution in [3.8, 4) is 0 Å². The Kier molecular flexibility index (Phi) is 5.57. The topological polar surface area (TPSA) is 80.0 Å². The summed E-state index contributed by atoms with van der Waals surface area (Å²) in [5, 5.41) is 9.44. The van der Waals surface area contributed by atoms with Crippen LogP contribution in [0.3, 0.4) is 0 Å². The molecule has 1 heterocycles. The summed E-state index contributed by atoms with van der Waals surface area (Å²) in [5.74, 6) is -1.05. The van der Waals surface area contributed by atoms with Gasteiger partial charge in [0, 0.05) is 13.1 Å². The van der Waals surface area contributed by atoms with Crippen LogP contribution in [0.25, 0.3) is 0 Å². The third-order valence-electron chi connectivity index (χ3n) is 2.60. The molecule has 0 fully saturated rings. The normalized spacial score (nSPS) is 13.7. The molecule has 2 atom stereocenters. The molecule has 19 heavy (non-hydrogen) atoms. The van der Waals surface area contributed by atoms with Gasteiger partial charge in [-0.05, 0) is 19.1 Å². The van der Waals surface area contributed by atoms with E-state index in [1.807, 2.05) is 0 Å². The van der Waals surface area contributed by atoms with Gasteiger partial charge < -0.3 is 19.2 Å². The van der Waals surface area contributed by atoms with Gasteiger partial charge in [-0.2, -0.15) is 0 Å². The lowest BCUT2D eigenvalue weighted by Crippen LogP contribution is -2.41. The number of aliphatic hydroxyl groups excluding tert-OH is 1. The quantitative estimate of drug-likeness (QED) is 0.776. The van der Waals surface area contributed by atoms with Gasteiger partial charge in [-0.25, -0.2) is 0 Å². The van der Waals surface area contributed by atoms with E-state index in [1.54, 1.807) is 26.0 Å². The first kappa shape index (κ1) is 15.2. The molecule has 1 rings (SSSR count). The largest absolute Gasteiger partial charge is 0.469 e. The minimum Gasteiger partial charge on any atom is -0.469 e. The molecule has 0 saturated carbocycles. The van der Waals surface area contributed by atoms with Crippen LogP contribution < -0.4 is 0 Å². The number of furan rings is 1. The van der Waals surface area contributed by atoms with E-state index < -0.39 is 18.0 Å². The number of carbonyl (C=O) groups excluding carboxylic acids is 2. The van der Waals surface area contributed by atoms with Crippen LogP contribution in [0.5, 0.6) is 0 Å². The van der Waals surface area contributed by atoms with E-state index in [4.69, 9.17) is 4.42 Å². The number of esters is 1. The fourth-order valence-corrected chi connectivity index (χ4v) is 1.72. The summed E-state index contributed by atoms with van der Waals surface area (Å²) in [6, 6.07) is 3.15. The Balaban J connectivity index is 2.77. The van der Waals surface area contributed by atoms with Gasteiger partial charge in [0.15, 0.2) is 5.76 Å². The van der Waals surface area contributed by atoms with Gasteiger partial charge in [0.05, 0.1) is 25.4 Å². The van der Waals surface area contributed by atoms with E-state index >= 15 is 0 Å². The molecular formula is C13H19NO5. The molecule has 0 bridgehead atoms. The molecule has 0 radical (unpaired) electrons. The second-order valence-corrected chi connectivity index (χ2v) is 4.46. The molecule has 1 N–H and O–H groups in total. The minimum atomic E-state index is -0.691. The van der Waals surface area contributed by atoms with Gasteiger partial charge >= 0.3 is 5.97 Å². The highest BCUT2D eigenvalue weighted by molar-refractivity contribution is 5.91. The van der Waals surface area contributed by atoms with Crippen molar-refractivity contribution in [1.29, 1.82) is 0 Å². The van der Waals surface area contributed by atoms with Gasteiger partial charge in [-0.1, -0.05) is 6.92 Å². The molecule has 1 aromatic heterocycles. The average molecular weight is 269 g/mol. The fourth-order valence-electron chi connectivity index (χ4n) is 1.72. The maximum atomic E-state index is 12.2. The van der Waals surface area contributed by atoms with Crippen LogP contribution in [0.15, 0.2) is 22.8 Å². The summed E-state index contributed by atoms with van der Waals surface area (Å²) in [6.45, 7) is 3.53. The number of rotatable bonds is 6. The van der Waals surface area contributed by atoms with Crippen LogP contribution in [-0.2, 0) is 9.53 Å². The zero-order chi connectivity index (χ0) is 14.4. The molecule has 6 heteroatoms. The first-order chi connectivity index (χ1) is 8.95. The Morgan fingerprint density at radius 1 is 1.42 bits per heavy atom. The minimum absolute atomic E-state index is 0.126. The smallest absolute Gasteiger partial charge is 0.310 e. The molecule has 1 amide bonds. The van der Waals surface area contributed by atoms with E-state index in [9.17, 15) is 14.7 Å². The first-order valence-electron chi connectivity index (χ1n) is 6.04. The first-order valence-corrected chi connectivity index (χ1v) is 6.04. The fraction of sp³-hybridized carbons (Fsp3) is 0.538. The molecule has 6 nitrogen and oxygen atoms in total. The van der Waals surface area contributed by atoms with Crippen molar-refractivity contribution in [2.24, 2.45) is 5.92 Å². The number of nitrogens with zero attached hydrogens (tertiary/aromatic N) is 1. The number of methoxy groups -OCH3 is 1. The Morgan fingerprint density at radius 3 is 2.58 bits per heavy atom. The molecule has 106 valence electrons. The Morgan fingerprint density at radius 2 is 2.11 bits per heavy atom. The van der Waals surface area contributed by atoms with Crippen molar-refractivity contribution in [3.63, 3.8) is 0 Å². The summed E-state index contributed by atoms with van der Waals surface area (Å²) < 4.78 is 9.66. The zero-order valence-corrected chi connectivity index (χ0v) is 11.3. The number of amides is 1. The van der Waals surface area contributed by atoms with E-state index in [2.05, 4.69) is 4.74 Å². The molecule has 0 aromatic carbocycles. The van der Waals surface area contributed by atoms with Crippen LogP contribution in [0.2, 0.25) is 0 Å². The standard InChI is InChI=1S/C13H19NO5/c1-9(13(17)18-3)7-14(8-10(2)15)12(16)11-5-4-6-19-11/h4-6,9-10,15H,7-8H2,1-3H3. The van der Waals surface area contributed by atoms with Gasteiger partial charge in [0.2, 0.25) is 0 Å². The second-order valence-electron chi connectivity index (χ2n) is 4.46. The van der Waals surface area contributed by atoms with Crippen molar-refractivity contribution in [2.75, 3.05) is 20.2 Å². The molecule has 0 aliphatic heterocycles. The second kappa shape index (κ2) is 6.94. The van der Waals surface area contributed by atoms with E-state index in [0.717, 1.165) is 0 Å². The van der Waals surface area contributed by atoms with Crippen molar-refractivity contribution in [3.05, 3.63) is 24.2 Å². The maximum absolute atomic E-state index is 12.2. The lowest BCUT2D eigenvalue weighted by molar-refractivity contribution is -0.145. The predicted molar refractivity (Wildman–Crippen MR) is 67.5 cm³/mol. The number of aliphatic hydroxyl groups is 1. The Labute approximate surface area is 112 Å². The highest BCUT2D eigenvalue weighted by atomic mass is 16.5. The summed E-state index contributed by atoms with van der Waals surface area (Å²) in [4.78, 5) is 24.9. The molecule has 1 aromatic rings. The van der Waals surface area contributed by atoms with Gasteiger partial charge in [0.25, 0.3) is 5.91 Å². The van der Waals surface area contributed by atoms with E-state index in [-0.39, 0.29) is 24.8 Å². The summed E-state index contributed by atoms with van der Waals surface area (Å²) >= 11 is 0. The molecular weight excluding hydrogens is 250 g/mol. The lowest BCUT2D eigenvalue weighted by atomic mass is 10.1. The zero-order valence-electron chi connectivity index (χ0n) is 11.3. The monoisotopic (exact) mass is 269 g/mol. The van der Waals surface area contributed by atoms with Gasteiger partial charge in [-0.3, -0.25) is 9.59 Å². The third-order valence-corrected chi connectivity index (χ3v) is 2.60. The molecule has 0 spiro atoms. The third kappa shape index (κ3) is 4.40. The molecule has 0 aliphatic rings. The SMILES string of the molecule is COC(=O)C(C)CN(CC(C)O)C(=O)c1ccco1. The summed E-state index contributed by atoms with van der Waals surface area (Å²) in [6.07, 6.45) is 0.709. The van der Waals surface area contributed by atoms with Crippen molar-refractivity contribution in [1.82, 2.24) is 4.90 Å².